The number of benzene rings is 2. The molecule has 1 N–H and O–H groups in total. The largest absolute Gasteiger partial charge is 0.456 e. The number of halogens is 1. The quantitative estimate of drug-likeness (QED) is 0.397. The van der Waals surface area contributed by atoms with Gasteiger partial charge in [-0.1, -0.05) is 36.4 Å². The Morgan fingerprint density at radius 3 is 2.84 bits per heavy atom. The molecule has 2 aromatic heterocycles. The number of rotatable bonds is 6. The van der Waals surface area contributed by atoms with E-state index in [4.69, 9.17) is 21.3 Å². The van der Waals surface area contributed by atoms with Crippen LogP contribution in [0.15, 0.2) is 79.8 Å². The summed E-state index contributed by atoms with van der Waals surface area (Å²) < 4.78 is 7.96. The first-order valence-corrected chi connectivity index (χ1v) is 10.9. The number of hydrogen-bond donors (Lipinski definition) is 1. The lowest BCUT2D eigenvalue weighted by atomic mass is 10.1. The molecule has 6 nitrogen and oxygen atoms in total. The fourth-order valence-corrected chi connectivity index (χ4v) is 4.49. The molecule has 1 saturated heterocycles. The molecule has 4 aromatic rings. The van der Waals surface area contributed by atoms with Crippen molar-refractivity contribution in [1.82, 2.24) is 19.3 Å². The number of nitrogens with zero attached hydrogens (tertiary/aromatic N) is 4. The summed E-state index contributed by atoms with van der Waals surface area (Å²) in [6, 6.07) is 15.2. The standard InChI is InChI=1S/C25H23ClN4O2/c1-2-23(31)29-13-6-9-20(29)25-28-24(21-16-27-12-14-30(21)25)17-10-11-22(19(26)15-17)32-18-7-4-3-5-8-18/h2-5,7-8,10-12,14-16,20,23,31H,1,6,9,13H2/t20-,23?/m0/s1. The Balaban J connectivity index is 1.54. The van der Waals surface area contributed by atoms with Gasteiger partial charge in [0, 0.05) is 24.5 Å². The Morgan fingerprint density at radius 2 is 2.06 bits per heavy atom. The minimum absolute atomic E-state index is 0.0113. The van der Waals surface area contributed by atoms with E-state index in [0.717, 1.165) is 47.7 Å². The molecule has 0 spiro atoms. The number of imidazole rings is 1. The molecule has 7 heteroatoms. The minimum atomic E-state index is -0.705. The highest BCUT2D eigenvalue weighted by Gasteiger charge is 2.33. The molecule has 162 valence electrons. The predicted molar refractivity (Wildman–Crippen MR) is 125 cm³/mol. The lowest BCUT2D eigenvalue weighted by molar-refractivity contribution is 0.0294. The zero-order valence-corrected chi connectivity index (χ0v) is 18.2. The molecular formula is C25H23ClN4O2. The van der Waals surface area contributed by atoms with Crippen LogP contribution < -0.4 is 4.74 Å². The van der Waals surface area contributed by atoms with Gasteiger partial charge in [0.25, 0.3) is 0 Å². The van der Waals surface area contributed by atoms with Gasteiger partial charge in [0.1, 0.15) is 23.6 Å². The van der Waals surface area contributed by atoms with Crippen LogP contribution in [0.3, 0.4) is 0 Å². The van der Waals surface area contributed by atoms with E-state index in [1.165, 1.54) is 0 Å². The van der Waals surface area contributed by atoms with E-state index in [2.05, 4.69) is 11.6 Å². The molecule has 2 aromatic carbocycles. The maximum atomic E-state index is 10.4. The number of aromatic nitrogens is 3. The molecule has 32 heavy (non-hydrogen) atoms. The number of para-hydroxylation sites is 1. The topological polar surface area (TPSA) is 62.9 Å². The maximum Gasteiger partial charge on any atom is 0.146 e. The van der Waals surface area contributed by atoms with Crippen LogP contribution in [0.2, 0.25) is 5.02 Å². The van der Waals surface area contributed by atoms with Gasteiger partial charge in [-0.25, -0.2) is 4.98 Å². The summed E-state index contributed by atoms with van der Waals surface area (Å²) in [4.78, 5) is 11.3. The van der Waals surface area contributed by atoms with Crippen LogP contribution in [-0.2, 0) is 0 Å². The van der Waals surface area contributed by atoms with Crippen molar-refractivity contribution in [2.75, 3.05) is 6.54 Å². The SMILES string of the molecule is C=CC(O)N1CCC[C@H]1c1nc(-c2ccc(Oc3ccccc3)c(Cl)c2)c2cnccn12. The second kappa shape index (κ2) is 8.74. The Hall–Kier alpha value is -3.19. The van der Waals surface area contributed by atoms with Gasteiger partial charge >= 0.3 is 0 Å². The fraction of sp³-hybridized carbons (Fsp3) is 0.200. The van der Waals surface area contributed by atoms with Gasteiger partial charge in [-0.15, -0.1) is 0 Å². The Bertz CT molecular complexity index is 1260. The van der Waals surface area contributed by atoms with Crippen molar-refractivity contribution in [3.05, 3.63) is 90.6 Å². The van der Waals surface area contributed by atoms with Crippen molar-refractivity contribution in [3.63, 3.8) is 0 Å². The van der Waals surface area contributed by atoms with Crippen molar-refractivity contribution in [1.29, 1.82) is 0 Å². The molecule has 2 atom stereocenters. The van der Waals surface area contributed by atoms with Crippen molar-refractivity contribution in [2.24, 2.45) is 0 Å². The Labute approximate surface area is 191 Å². The van der Waals surface area contributed by atoms with Crippen molar-refractivity contribution in [3.8, 4) is 22.8 Å². The zero-order valence-electron chi connectivity index (χ0n) is 17.4. The molecule has 0 amide bonds. The summed E-state index contributed by atoms with van der Waals surface area (Å²) in [7, 11) is 0. The third-order valence-electron chi connectivity index (χ3n) is 5.79. The van der Waals surface area contributed by atoms with E-state index in [-0.39, 0.29) is 6.04 Å². The fourth-order valence-electron chi connectivity index (χ4n) is 4.27. The number of likely N-dealkylation sites (tertiary alicyclic amines) is 1. The van der Waals surface area contributed by atoms with E-state index >= 15 is 0 Å². The number of aliphatic hydroxyl groups is 1. The molecule has 0 radical (unpaired) electrons. The van der Waals surface area contributed by atoms with Crippen LogP contribution in [0, 0.1) is 0 Å². The van der Waals surface area contributed by atoms with Gasteiger partial charge in [0.2, 0.25) is 0 Å². The first-order valence-electron chi connectivity index (χ1n) is 10.6. The number of fused-ring (bicyclic) bond motifs is 1. The van der Waals surface area contributed by atoms with Crippen molar-refractivity contribution >= 4 is 17.1 Å². The molecule has 1 aliphatic rings. The molecule has 0 saturated carbocycles. The van der Waals surface area contributed by atoms with Crippen LogP contribution in [0.4, 0.5) is 0 Å². The highest BCUT2D eigenvalue weighted by atomic mass is 35.5. The number of aliphatic hydroxyl groups excluding tert-OH is 1. The molecule has 0 aliphatic carbocycles. The Morgan fingerprint density at radius 1 is 1.22 bits per heavy atom. The summed E-state index contributed by atoms with van der Waals surface area (Å²) in [5.74, 6) is 2.18. The number of ether oxygens (including phenoxy) is 1. The normalized spacial score (nSPS) is 17.5. The third-order valence-corrected chi connectivity index (χ3v) is 6.09. The van der Waals surface area contributed by atoms with E-state index in [1.54, 1.807) is 18.5 Å². The summed E-state index contributed by atoms with van der Waals surface area (Å²) in [5, 5.41) is 10.9. The number of hydrogen-bond acceptors (Lipinski definition) is 5. The molecule has 0 bridgehead atoms. The zero-order chi connectivity index (χ0) is 22.1. The predicted octanol–water partition coefficient (Wildman–Crippen LogP) is 5.48. The lowest BCUT2D eigenvalue weighted by Crippen LogP contribution is -2.33. The van der Waals surface area contributed by atoms with Gasteiger partial charge in [0.05, 0.1) is 28.5 Å². The molecule has 1 aliphatic heterocycles. The molecule has 5 rings (SSSR count). The molecule has 3 heterocycles. The monoisotopic (exact) mass is 446 g/mol. The third kappa shape index (κ3) is 3.77. The van der Waals surface area contributed by atoms with E-state index in [0.29, 0.717) is 10.8 Å². The molecular weight excluding hydrogens is 424 g/mol. The second-order valence-corrected chi connectivity index (χ2v) is 8.16. The van der Waals surface area contributed by atoms with E-state index in [9.17, 15) is 5.11 Å². The van der Waals surface area contributed by atoms with Crippen molar-refractivity contribution < 1.29 is 9.84 Å². The summed E-state index contributed by atoms with van der Waals surface area (Å²) in [6.07, 6.45) is 8.21. The second-order valence-electron chi connectivity index (χ2n) is 7.76. The van der Waals surface area contributed by atoms with Gasteiger partial charge in [0.15, 0.2) is 0 Å². The maximum absolute atomic E-state index is 10.4. The molecule has 1 fully saturated rings. The van der Waals surface area contributed by atoms with Crippen LogP contribution in [0.5, 0.6) is 11.5 Å². The average Bonchev–Trinajstić information content (AvgIpc) is 3.45. The Kier molecular flexibility index (Phi) is 5.66. The summed E-state index contributed by atoms with van der Waals surface area (Å²) in [6.45, 7) is 4.54. The van der Waals surface area contributed by atoms with Crippen molar-refractivity contribution in [2.45, 2.75) is 25.1 Å². The van der Waals surface area contributed by atoms with Gasteiger partial charge < -0.3 is 9.84 Å². The van der Waals surface area contributed by atoms with Gasteiger partial charge in [-0.05, 0) is 49.2 Å². The van der Waals surface area contributed by atoms with Crippen LogP contribution in [0.1, 0.15) is 24.7 Å². The highest BCUT2D eigenvalue weighted by Crippen LogP contribution is 2.38. The van der Waals surface area contributed by atoms with Crippen LogP contribution >= 0.6 is 11.6 Å². The minimum Gasteiger partial charge on any atom is -0.456 e. The molecule has 1 unspecified atom stereocenters. The highest BCUT2D eigenvalue weighted by molar-refractivity contribution is 6.32. The first kappa shape index (κ1) is 20.7. The van der Waals surface area contributed by atoms with Crippen LogP contribution in [0.25, 0.3) is 16.8 Å². The van der Waals surface area contributed by atoms with E-state index in [1.807, 2.05) is 64.0 Å². The van der Waals surface area contributed by atoms with Gasteiger partial charge in [-0.2, -0.15) is 0 Å². The van der Waals surface area contributed by atoms with Crippen LogP contribution in [-0.4, -0.2) is 37.1 Å². The first-order chi connectivity index (χ1) is 15.7. The smallest absolute Gasteiger partial charge is 0.146 e. The lowest BCUT2D eigenvalue weighted by Gasteiger charge is -2.26. The summed E-state index contributed by atoms with van der Waals surface area (Å²) in [5.41, 5.74) is 2.55. The average molecular weight is 447 g/mol. The van der Waals surface area contributed by atoms with E-state index < -0.39 is 6.23 Å². The van der Waals surface area contributed by atoms with Gasteiger partial charge in [-0.3, -0.25) is 14.3 Å². The summed E-state index contributed by atoms with van der Waals surface area (Å²) >= 11 is 6.57.